The van der Waals surface area contributed by atoms with E-state index in [1.807, 2.05) is 19.1 Å². The highest BCUT2D eigenvalue weighted by Crippen LogP contribution is 2.17. The molecule has 0 aliphatic carbocycles. The molecule has 5 N–H and O–H groups in total. The Morgan fingerprint density at radius 3 is 2.45 bits per heavy atom. The van der Waals surface area contributed by atoms with E-state index in [-0.39, 0.29) is 36.4 Å². The summed E-state index contributed by atoms with van der Waals surface area (Å²) in [4.78, 5) is 27.2. The number of primary amides is 1. The second-order valence-electron chi connectivity index (χ2n) is 6.38. The third-order valence-corrected chi connectivity index (χ3v) is 4.79. The van der Waals surface area contributed by atoms with Crippen molar-refractivity contribution in [2.45, 2.75) is 26.3 Å². The second kappa shape index (κ2) is 13.2. The Bertz CT molecular complexity index is 794. The fourth-order valence-corrected chi connectivity index (χ4v) is 3.25. The topological polar surface area (TPSA) is 109 Å². The number of nitrogens with two attached hydrogens (primary N) is 1. The van der Waals surface area contributed by atoms with E-state index in [9.17, 15) is 9.59 Å². The van der Waals surface area contributed by atoms with Crippen molar-refractivity contribution in [3.05, 3.63) is 57.8 Å². The van der Waals surface area contributed by atoms with Crippen LogP contribution in [0.3, 0.4) is 0 Å². The molecule has 0 aliphatic rings. The van der Waals surface area contributed by atoms with Gasteiger partial charge in [-0.1, -0.05) is 19.1 Å². The molecule has 2 amide bonds. The molecule has 0 saturated carbocycles. The minimum Gasteiger partial charge on any atom is -0.368 e. The molecule has 1 aromatic heterocycles. The molecule has 1 unspecified atom stereocenters. The van der Waals surface area contributed by atoms with Crippen molar-refractivity contribution in [3.63, 3.8) is 0 Å². The van der Waals surface area contributed by atoms with E-state index in [1.165, 1.54) is 5.56 Å². The van der Waals surface area contributed by atoms with Gasteiger partial charge < -0.3 is 21.7 Å². The highest BCUT2D eigenvalue weighted by atomic mass is 127. The zero-order valence-corrected chi connectivity index (χ0v) is 19.8. The molecule has 0 spiro atoms. The maximum Gasteiger partial charge on any atom is 0.251 e. The molecule has 0 bridgehead atoms. The average Bonchev–Trinajstić information content (AvgIpc) is 3.23. The third-order valence-electron chi connectivity index (χ3n) is 4.09. The molecule has 0 aliphatic heterocycles. The Kier molecular flexibility index (Phi) is 11.3. The first-order valence-electron chi connectivity index (χ1n) is 9.19. The SMILES string of the molecule is CCNC(=NCc1ccc(C(=O)NCC(N)=O)cc1)NCC(C)c1ccsc1.I. The van der Waals surface area contributed by atoms with Gasteiger partial charge in [0.25, 0.3) is 5.91 Å². The fourth-order valence-electron chi connectivity index (χ4n) is 2.47. The number of guanidine groups is 1. The summed E-state index contributed by atoms with van der Waals surface area (Å²) in [6.45, 7) is 6.09. The molecule has 9 heteroatoms. The first kappa shape index (κ1) is 24.9. The van der Waals surface area contributed by atoms with Crippen molar-refractivity contribution in [1.82, 2.24) is 16.0 Å². The van der Waals surface area contributed by atoms with Crippen LogP contribution in [0.15, 0.2) is 46.1 Å². The number of amides is 2. The summed E-state index contributed by atoms with van der Waals surface area (Å²) in [5.41, 5.74) is 7.80. The number of nitrogens with zero attached hydrogens (tertiary/aromatic N) is 1. The smallest absolute Gasteiger partial charge is 0.251 e. The Morgan fingerprint density at radius 2 is 1.86 bits per heavy atom. The number of carbonyl (C=O) groups excluding carboxylic acids is 2. The summed E-state index contributed by atoms with van der Waals surface area (Å²) in [5, 5.41) is 13.3. The molecule has 1 aromatic carbocycles. The van der Waals surface area contributed by atoms with Crippen LogP contribution in [0.4, 0.5) is 0 Å². The van der Waals surface area contributed by atoms with Gasteiger partial charge in [-0.05, 0) is 52.9 Å². The molecule has 1 atom stereocenters. The summed E-state index contributed by atoms with van der Waals surface area (Å²) in [7, 11) is 0. The van der Waals surface area contributed by atoms with E-state index in [0.717, 1.165) is 24.6 Å². The number of thiophene rings is 1. The van der Waals surface area contributed by atoms with Crippen molar-refractivity contribution in [3.8, 4) is 0 Å². The van der Waals surface area contributed by atoms with Gasteiger partial charge in [0, 0.05) is 18.7 Å². The van der Waals surface area contributed by atoms with Crippen molar-refractivity contribution >= 4 is 53.1 Å². The molecule has 29 heavy (non-hydrogen) atoms. The van der Waals surface area contributed by atoms with Gasteiger partial charge in [-0.25, -0.2) is 4.99 Å². The largest absolute Gasteiger partial charge is 0.368 e. The lowest BCUT2D eigenvalue weighted by Crippen LogP contribution is -2.39. The normalized spacial score (nSPS) is 11.9. The lowest BCUT2D eigenvalue weighted by molar-refractivity contribution is -0.117. The van der Waals surface area contributed by atoms with Crippen LogP contribution in [0.1, 0.15) is 41.3 Å². The Morgan fingerprint density at radius 1 is 1.14 bits per heavy atom. The summed E-state index contributed by atoms with van der Waals surface area (Å²) in [5.74, 6) is 0.253. The molecule has 7 nitrogen and oxygen atoms in total. The molecular weight excluding hydrogens is 501 g/mol. The number of hydrogen-bond donors (Lipinski definition) is 4. The van der Waals surface area contributed by atoms with Gasteiger partial charge in [-0.2, -0.15) is 11.3 Å². The Balaban J connectivity index is 0.00000420. The number of hydrogen-bond acceptors (Lipinski definition) is 4. The van der Waals surface area contributed by atoms with Crippen LogP contribution in [-0.2, 0) is 11.3 Å². The van der Waals surface area contributed by atoms with Crippen molar-refractivity contribution in [2.75, 3.05) is 19.6 Å². The van der Waals surface area contributed by atoms with Crippen molar-refractivity contribution in [2.24, 2.45) is 10.7 Å². The lowest BCUT2D eigenvalue weighted by Gasteiger charge is -2.15. The minimum absolute atomic E-state index is 0. The van der Waals surface area contributed by atoms with Gasteiger partial charge in [0.15, 0.2) is 5.96 Å². The summed E-state index contributed by atoms with van der Waals surface area (Å²) in [6, 6.07) is 9.25. The maximum absolute atomic E-state index is 11.9. The standard InChI is InChI=1S/C20H27N5O2S.HI/c1-3-22-20(24-10-14(2)17-8-9-28-13-17)25-11-15-4-6-16(7-5-15)19(27)23-12-18(21)26;/h4-9,13-14H,3,10-12H2,1-2H3,(H2,21,26)(H,23,27)(H2,22,24,25);1H. The number of benzene rings is 1. The van der Waals surface area contributed by atoms with Crippen LogP contribution in [-0.4, -0.2) is 37.4 Å². The van der Waals surface area contributed by atoms with E-state index >= 15 is 0 Å². The van der Waals surface area contributed by atoms with Gasteiger partial charge in [-0.3, -0.25) is 9.59 Å². The molecule has 0 fully saturated rings. The van der Waals surface area contributed by atoms with Gasteiger partial charge in [0.05, 0.1) is 13.1 Å². The Hall–Kier alpha value is -2.14. The van der Waals surface area contributed by atoms with Gasteiger partial charge >= 0.3 is 0 Å². The maximum atomic E-state index is 11.9. The molecule has 2 aromatic rings. The first-order chi connectivity index (χ1) is 13.5. The average molecular weight is 529 g/mol. The summed E-state index contributed by atoms with van der Waals surface area (Å²) in [6.07, 6.45) is 0. The highest BCUT2D eigenvalue weighted by molar-refractivity contribution is 14.0. The minimum atomic E-state index is -0.573. The molecule has 158 valence electrons. The summed E-state index contributed by atoms with van der Waals surface area (Å²) >= 11 is 1.70. The fraction of sp³-hybridized carbons (Fsp3) is 0.350. The van der Waals surface area contributed by atoms with E-state index in [0.29, 0.717) is 18.0 Å². The molecule has 2 rings (SSSR count). The monoisotopic (exact) mass is 529 g/mol. The van der Waals surface area contributed by atoms with E-state index < -0.39 is 5.91 Å². The summed E-state index contributed by atoms with van der Waals surface area (Å²) < 4.78 is 0. The number of halogens is 1. The molecule has 0 radical (unpaired) electrons. The van der Waals surface area contributed by atoms with E-state index in [2.05, 4.69) is 44.7 Å². The lowest BCUT2D eigenvalue weighted by atomic mass is 10.1. The van der Waals surface area contributed by atoms with Gasteiger partial charge in [-0.15, -0.1) is 24.0 Å². The van der Waals surface area contributed by atoms with Crippen molar-refractivity contribution < 1.29 is 9.59 Å². The zero-order valence-electron chi connectivity index (χ0n) is 16.6. The van der Waals surface area contributed by atoms with Crippen molar-refractivity contribution in [1.29, 1.82) is 0 Å². The predicted octanol–water partition coefficient (Wildman–Crippen LogP) is 2.44. The third kappa shape index (κ3) is 8.82. The molecule has 1 heterocycles. The number of rotatable bonds is 9. The number of aliphatic imine (C=N–C) groups is 1. The van der Waals surface area contributed by atoms with Crippen LogP contribution in [0.2, 0.25) is 0 Å². The van der Waals surface area contributed by atoms with Crippen LogP contribution in [0.25, 0.3) is 0 Å². The predicted molar refractivity (Wildman–Crippen MR) is 129 cm³/mol. The molecular formula is C20H28IN5O2S. The zero-order chi connectivity index (χ0) is 20.4. The highest BCUT2D eigenvalue weighted by Gasteiger charge is 2.08. The number of carbonyl (C=O) groups is 2. The van der Waals surface area contributed by atoms with Crippen LogP contribution in [0.5, 0.6) is 0 Å². The quantitative estimate of drug-likeness (QED) is 0.227. The Labute approximate surface area is 192 Å². The van der Waals surface area contributed by atoms with Crippen LogP contribution < -0.4 is 21.7 Å². The first-order valence-corrected chi connectivity index (χ1v) is 10.1. The van der Waals surface area contributed by atoms with Crippen LogP contribution in [0, 0.1) is 0 Å². The second-order valence-corrected chi connectivity index (χ2v) is 7.16. The van der Waals surface area contributed by atoms with Gasteiger partial charge in [0.1, 0.15) is 0 Å². The van der Waals surface area contributed by atoms with Gasteiger partial charge in [0.2, 0.25) is 5.91 Å². The van der Waals surface area contributed by atoms with Crippen LogP contribution >= 0.6 is 35.3 Å². The number of nitrogens with one attached hydrogen (secondary N) is 3. The molecule has 0 saturated heterocycles. The van der Waals surface area contributed by atoms with E-state index in [1.54, 1.807) is 23.5 Å². The van der Waals surface area contributed by atoms with E-state index in [4.69, 9.17) is 5.73 Å².